The maximum atomic E-state index is 5.69. The fourth-order valence-electron chi connectivity index (χ4n) is 0.675. The third-order valence-corrected chi connectivity index (χ3v) is 2.17. The Balaban J connectivity index is 3.13. The van der Waals surface area contributed by atoms with Gasteiger partial charge in [0.15, 0.2) is 0 Å². The van der Waals surface area contributed by atoms with Crippen molar-refractivity contribution in [1.29, 1.82) is 0 Å². The Bertz CT molecular complexity index is 80.5. The molecule has 4 heteroatoms. The highest BCUT2D eigenvalue weighted by Gasteiger charge is 2.05. The molecular formula is C7H14Cl2O2. The third kappa shape index (κ3) is 6.88. The number of methoxy groups -OCH3 is 2. The summed E-state index contributed by atoms with van der Waals surface area (Å²) in [6, 6.07) is 0. The molecular weight excluding hydrogens is 187 g/mol. The van der Waals surface area contributed by atoms with Gasteiger partial charge in [0, 0.05) is 14.2 Å². The molecule has 11 heavy (non-hydrogen) atoms. The first-order chi connectivity index (χ1) is 5.20. The summed E-state index contributed by atoms with van der Waals surface area (Å²) in [5, 5.41) is 0. The lowest BCUT2D eigenvalue weighted by molar-refractivity contribution is 0.137. The van der Waals surface area contributed by atoms with E-state index in [0.29, 0.717) is 0 Å². The SMILES string of the molecule is COC(Cl)CCCC(Cl)OC. The van der Waals surface area contributed by atoms with E-state index in [9.17, 15) is 0 Å². The zero-order valence-electron chi connectivity index (χ0n) is 6.85. The molecule has 68 valence electrons. The molecule has 0 saturated carbocycles. The van der Waals surface area contributed by atoms with Crippen LogP contribution in [0.5, 0.6) is 0 Å². The maximum Gasteiger partial charge on any atom is 0.130 e. The van der Waals surface area contributed by atoms with Crippen molar-refractivity contribution in [1.82, 2.24) is 0 Å². The molecule has 0 aliphatic carbocycles. The highest BCUT2D eigenvalue weighted by Crippen LogP contribution is 2.12. The van der Waals surface area contributed by atoms with Crippen LogP contribution < -0.4 is 0 Å². The van der Waals surface area contributed by atoms with E-state index in [2.05, 4.69) is 0 Å². The summed E-state index contributed by atoms with van der Waals surface area (Å²) in [5.74, 6) is 0. The Hall–Kier alpha value is 0.500. The monoisotopic (exact) mass is 200 g/mol. The van der Waals surface area contributed by atoms with Crippen LogP contribution in [-0.4, -0.2) is 25.3 Å². The van der Waals surface area contributed by atoms with Crippen molar-refractivity contribution in [2.24, 2.45) is 0 Å². The summed E-state index contributed by atoms with van der Waals surface area (Å²) in [7, 11) is 3.18. The summed E-state index contributed by atoms with van der Waals surface area (Å²) in [5.41, 5.74) is -0.397. The lowest BCUT2D eigenvalue weighted by Crippen LogP contribution is -2.05. The van der Waals surface area contributed by atoms with Gasteiger partial charge in [-0.15, -0.1) is 0 Å². The standard InChI is InChI=1S/C7H14Cl2O2/c1-10-6(8)4-3-5-7(9)11-2/h6-7H,3-5H2,1-2H3. The Morgan fingerprint density at radius 1 is 1.00 bits per heavy atom. The van der Waals surface area contributed by atoms with Gasteiger partial charge in [0.1, 0.15) is 11.1 Å². The molecule has 0 rings (SSSR count). The fraction of sp³-hybridized carbons (Fsp3) is 1.00. The lowest BCUT2D eigenvalue weighted by Gasteiger charge is -2.08. The van der Waals surface area contributed by atoms with Gasteiger partial charge >= 0.3 is 0 Å². The molecule has 0 bridgehead atoms. The zero-order chi connectivity index (χ0) is 8.69. The molecule has 0 amide bonds. The minimum atomic E-state index is -0.198. The summed E-state index contributed by atoms with van der Waals surface area (Å²) in [4.78, 5) is 0. The minimum absolute atomic E-state index is 0.198. The van der Waals surface area contributed by atoms with Crippen molar-refractivity contribution in [3.05, 3.63) is 0 Å². The second-order valence-corrected chi connectivity index (χ2v) is 3.20. The van der Waals surface area contributed by atoms with Gasteiger partial charge in [0.25, 0.3) is 0 Å². The molecule has 0 spiro atoms. The zero-order valence-corrected chi connectivity index (χ0v) is 8.36. The Labute approximate surface area is 77.8 Å². The summed E-state index contributed by atoms with van der Waals surface area (Å²) < 4.78 is 9.69. The van der Waals surface area contributed by atoms with Crippen molar-refractivity contribution in [3.63, 3.8) is 0 Å². The van der Waals surface area contributed by atoms with E-state index < -0.39 is 0 Å². The molecule has 0 aliphatic heterocycles. The number of halogens is 2. The van der Waals surface area contributed by atoms with Crippen molar-refractivity contribution >= 4 is 23.2 Å². The van der Waals surface area contributed by atoms with Gasteiger partial charge in [0.05, 0.1) is 0 Å². The van der Waals surface area contributed by atoms with Gasteiger partial charge in [-0.1, -0.05) is 23.2 Å². The first kappa shape index (κ1) is 11.5. The van der Waals surface area contributed by atoms with Gasteiger partial charge in [-0.25, -0.2) is 0 Å². The van der Waals surface area contributed by atoms with E-state index in [1.54, 1.807) is 14.2 Å². The van der Waals surface area contributed by atoms with E-state index in [-0.39, 0.29) is 11.1 Å². The molecule has 0 N–H and O–H groups in total. The van der Waals surface area contributed by atoms with Crippen LogP contribution in [-0.2, 0) is 9.47 Å². The number of hydrogen-bond donors (Lipinski definition) is 0. The number of alkyl halides is 2. The molecule has 0 aromatic heterocycles. The van der Waals surface area contributed by atoms with Crippen LogP contribution in [0.3, 0.4) is 0 Å². The molecule has 0 aromatic rings. The first-order valence-corrected chi connectivity index (χ1v) is 4.41. The predicted molar refractivity (Wildman–Crippen MR) is 47.2 cm³/mol. The number of rotatable bonds is 6. The molecule has 0 aromatic carbocycles. The lowest BCUT2D eigenvalue weighted by atomic mass is 10.2. The van der Waals surface area contributed by atoms with Crippen LogP contribution in [0.1, 0.15) is 19.3 Å². The predicted octanol–water partition coefficient (Wildman–Crippen LogP) is 2.58. The van der Waals surface area contributed by atoms with Crippen LogP contribution in [0.4, 0.5) is 0 Å². The topological polar surface area (TPSA) is 18.5 Å². The molecule has 0 radical (unpaired) electrons. The smallest absolute Gasteiger partial charge is 0.130 e. The van der Waals surface area contributed by atoms with Gasteiger partial charge in [0.2, 0.25) is 0 Å². The normalized spacial score (nSPS) is 16.4. The van der Waals surface area contributed by atoms with E-state index in [4.69, 9.17) is 32.7 Å². The van der Waals surface area contributed by atoms with Gasteiger partial charge in [-0.3, -0.25) is 0 Å². The van der Waals surface area contributed by atoms with Crippen LogP contribution >= 0.6 is 23.2 Å². The van der Waals surface area contributed by atoms with E-state index in [0.717, 1.165) is 19.3 Å². The summed E-state index contributed by atoms with van der Waals surface area (Å²) in [6.45, 7) is 0. The average Bonchev–Trinajstić information content (AvgIpc) is 2.04. The summed E-state index contributed by atoms with van der Waals surface area (Å²) in [6.07, 6.45) is 2.54. The molecule has 0 saturated heterocycles. The van der Waals surface area contributed by atoms with Crippen LogP contribution in [0.15, 0.2) is 0 Å². The largest absolute Gasteiger partial charge is 0.366 e. The fourth-order valence-corrected chi connectivity index (χ4v) is 0.983. The Morgan fingerprint density at radius 3 is 1.64 bits per heavy atom. The number of hydrogen-bond acceptors (Lipinski definition) is 2. The highest BCUT2D eigenvalue weighted by atomic mass is 35.5. The molecule has 0 aliphatic rings. The van der Waals surface area contributed by atoms with Gasteiger partial charge < -0.3 is 9.47 Å². The van der Waals surface area contributed by atoms with Gasteiger partial charge in [-0.05, 0) is 19.3 Å². The molecule has 2 unspecified atom stereocenters. The molecule has 2 atom stereocenters. The van der Waals surface area contributed by atoms with Crippen LogP contribution in [0.2, 0.25) is 0 Å². The van der Waals surface area contributed by atoms with Crippen LogP contribution in [0, 0.1) is 0 Å². The van der Waals surface area contributed by atoms with E-state index in [1.807, 2.05) is 0 Å². The number of ether oxygens (including phenoxy) is 2. The average molecular weight is 201 g/mol. The minimum Gasteiger partial charge on any atom is -0.366 e. The summed E-state index contributed by atoms with van der Waals surface area (Å²) >= 11 is 11.4. The quantitative estimate of drug-likeness (QED) is 0.615. The van der Waals surface area contributed by atoms with E-state index in [1.165, 1.54) is 0 Å². The Morgan fingerprint density at radius 2 is 1.36 bits per heavy atom. The Kier molecular flexibility index (Phi) is 7.49. The highest BCUT2D eigenvalue weighted by molar-refractivity contribution is 6.20. The van der Waals surface area contributed by atoms with Crippen molar-refractivity contribution in [3.8, 4) is 0 Å². The second-order valence-electron chi connectivity index (χ2n) is 2.22. The van der Waals surface area contributed by atoms with E-state index >= 15 is 0 Å². The van der Waals surface area contributed by atoms with Crippen molar-refractivity contribution < 1.29 is 9.47 Å². The van der Waals surface area contributed by atoms with Gasteiger partial charge in [-0.2, -0.15) is 0 Å². The molecule has 2 nitrogen and oxygen atoms in total. The van der Waals surface area contributed by atoms with Crippen molar-refractivity contribution in [2.45, 2.75) is 30.4 Å². The first-order valence-electron chi connectivity index (χ1n) is 3.54. The van der Waals surface area contributed by atoms with Crippen molar-refractivity contribution in [2.75, 3.05) is 14.2 Å². The second kappa shape index (κ2) is 7.17. The van der Waals surface area contributed by atoms with Crippen LogP contribution in [0.25, 0.3) is 0 Å². The molecule has 0 fully saturated rings. The third-order valence-electron chi connectivity index (χ3n) is 1.37. The molecule has 0 heterocycles. The maximum absolute atomic E-state index is 5.69.